The normalized spacial score (nSPS) is 10.1. The van der Waals surface area contributed by atoms with E-state index in [4.69, 9.17) is 16.7 Å². The fourth-order valence-corrected chi connectivity index (χ4v) is 1.46. The molecule has 18 heavy (non-hydrogen) atoms. The molecule has 0 fully saturated rings. The Morgan fingerprint density at radius 3 is 2.67 bits per heavy atom. The highest BCUT2D eigenvalue weighted by molar-refractivity contribution is 6.33. The summed E-state index contributed by atoms with van der Waals surface area (Å²) in [6.45, 7) is 0. The van der Waals surface area contributed by atoms with E-state index in [1.54, 1.807) is 0 Å². The van der Waals surface area contributed by atoms with E-state index in [2.05, 4.69) is 15.3 Å². The molecule has 0 spiro atoms. The van der Waals surface area contributed by atoms with Crippen LogP contribution in [0, 0.1) is 5.82 Å². The maximum Gasteiger partial charge on any atom is 0.356 e. The second-order valence-corrected chi connectivity index (χ2v) is 3.72. The number of nitrogens with zero attached hydrogens (tertiary/aromatic N) is 2. The Hall–Kier alpha value is -2.21. The molecule has 2 rings (SSSR count). The molecule has 2 aromatic rings. The predicted octanol–water partition coefficient (Wildman–Crippen LogP) is 2.71. The Labute approximate surface area is 106 Å². The molecule has 1 aromatic heterocycles. The first kappa shape index (κ1) is 12.3. The highest BCUT2D eigenvalue weighted by Crippen LogP contribution is 2.26. The van der Waals surface area contributed by atoms with E-state index in [-0.39, 0.29) is 22.2 Å². The lowest BCUT2D eigenvalue weighted by molar-refractivity contribution is 0.0690. The summed E-state index contributed by atoms with van der Waals surface area (Å²) in [5, 5.41) is 11.5. The number of hydrogen-bond acceptors (Lipinski definition) is 4. The van der Waals surface area contributed by atoms with Crippen LogP contribution in [0.4, 0.5) is 15.9 Å². The van der Waals surface area contributed by atoms with Gasteiger partial charge in [-0.25, -0.2) is 19.2 Å². The summed E-state index contributed by atoms with van der Waals surface area (Å²) in [4.78, 5) is 18.0. The molecule has 0 radical (unpaired) electrons. The van der Waals surface area contributed by atoms with Crippen LogP contribution >= 0.6 is 11.6 Å². The number of aromatic nitrogens is 2. The van der Waals surface area contributed by atoms with Crippen molar-refractivity contribution >= 4 is 29.1 Å². The summed E-state index contributed by atoms with van der Waals surface area (Å²) in [6, 6.07) is 4.24. The lowest BCUT2D eigenvalue weighted by Gasteiger charge is -2.08. The van der Waals surface area contributed by atoms with Crippen molar-refractivity contribution in [2.75, 3.05) is 5.32 Å². The van der Waals surface area contributed by atoms with Gasteiger partial charge in [0.1, 0.15) is 11.6 Å². The van der Waals surface area contributed by atoms with E-state index in [1.807, 2.05) is 0 Å². The fraction of sp³-hybridized carbons (Fsp3) is 0. The number of halogens is 2. The van der Waals surface area contributed by atoms with E-state index in [9.17, 15) is 9.18 Å². The van der Waals surface area contributed by atoms with E-state index in [1.165, 1.54) is 24.4 Å². The van der Waals surface area contributed by atoms with Crippen molar-refractivity contribution in [2.45, 2.75) is 0 Å². The number of aromatic carboxylic acids is 1. The highest BCUT2D eigenvalue weighted by atomic mass is 35.5. The van der Waals surface area contributed by atoms with Crippen molar-refractivity contribution in [3.05, 3.63) is 47.1 Å². The third-order valence-electron chi connectivity index (χ3n) is 2.09. The van der Waals surface area contributed by atoms with Crippen LogP contribution in [-0.4, -0.2) is 21.0 Å². The summed E-state index contributed by atoms with van der Waals surface area (Å²) >= 11 is 5.82. The molecule has 7 heteroatoms. The Morgan fingerprint density at radius 1 is 1.33 bits per heavy atom. The minimum Gasteiger partial charge on any atom is -0.476 e. The van der Waals surface area contributed by atoms with Gasteiger partial charge in [-0.1, -0.05) is 17.7 Å². The van der Waals surface area contributed by atoms with Crippen LogP contribution in [0.3, 0.4) is 0 Å². The summed E-state index contributed by atoms with van der Waals surface area (Å²) in [6.07, 6.45) is 2.26. The molecular weight excluding hydrogens is 261 g/mol. The molecule has 2 N–H and O–H groups in total. The molecule has 0 saturated carbocycles. The molecule has 5 nitrogen and oxygen atoms in total. The van der Waals surface area contributed by atoms with Gasteiger partial charge in [0.25, 0.3) is 0 Å². The zero-order valence-corrected chi connectivity index (χ0v) is 9.65. The third kappa shape index (κ3) is 2.54. The first-order valence-corrected chi connectivity index (χ1v) is 5.22. The molecular formula is C11H7ClFN3O2. The summed E-state index contributed by atoms with van der Waals surface area (Å²) in [7, 11) is 0. The fourth-order valence-electron chi connectivity index (χ4n) is 1.25. The first-order valence-electron chi connectivity index (χ1n) is 4.84. The Balaban J connectivity index is 2.26. The quantitative estimate of drug-likeness (QED) is 0.894. The Kier molecular flexibility index (Phi) is 3.38. The lowest BCUT2D eigenvalue weighted by atomic mass is 10.3. The minimum absolute atomic E-state index is 0.0662. The number of nitrogens with one attached hydrogen (secondary N) is 1. The van der Waals surface area contributed by atoms with Gasteiger partial charge in [0.05, 0.1) is 23.1 Å². The van der Waals surface area contributed by atoms with Gasteiger partial charge in [-0.15, -0.1) is 0 Å². The number of carboxylic acids is 1. The van der Waals surface area contributed by atoms with Crippen molar-refractivity contribution in [1.82, 2.24) is 9.97 Å². The second-order valence-electron chi connectivity index (χ2n) is 3.31. The van der Waals surface area contributed by atoms with Crippen LogP contribution < -0.4 is 5.32 Å². The number of carboxylic acid groups (broad SMARTS) is 1. The van der Waals surface area contributed by atoms with Gasteiger partial charge in [-0.05, 0) is 12.1 Å². The molecule has 0 aliphatic heterocycles. The maximum atomic E-state index is 13.5. The average Bonchev–Trinajstić information content (AvgIpc) is 2.34. The molecule has 1 heterocycles. The molecule has 0 amide bonds. The van der Waals surface area contributed by atoms with Gasteiger partial charge in [-0.2, -0.15) is 0 Å². The second kappa shape index (κ2) is 4.97. The monoisotopic (exact) mass is 267 g/mol. The van der Waals surface area contributed by atoms with E-state index >= 15 is 0 Å². The molecule has 0 atom stereocenters. The van der Waals surface area contributed by atoms with Crippen molar-refractivity contribution in [2.24, 2.45) is 0 Å². The van der Waals surface area contributed by atoms with Crippen molar-refractivity contribution < 1.29 is 14.3 Å². The van der Waals surface area contributed by atoms with E-state index < -0.39 is 11.8 Å². The molecule has 0 saturated heterocycles. The van der Waals surface area contributed by atoms with Gasteiger partial charge >= 0.3 is 5.97 Å². The van der Waals surface area contributed by atoms with Crippen LogP contribution in [0.25, 0.3) is 0 Å². The topological polar surface area (TPSA) is 75.1 Å². The van der Waals surface area contributed by atoms with E-state index in [0.717, 1.165) is 6.20 Å². The smallest absolute Gasteiger partial charge is 0.356 e. The number of carbonyl (C=O) groups is 1. The third-order valence-corrected chi connectivity index (χ3v) is 2.40. The lowest BCUT2D eigenvalue weighted by Crippen LogP contribution is -2.03. The van der Waals surface area contributed by atoms with Gasteiger partial charge < -0.3 is 10.4 Å². The number of para-hydroxylation sites is 1. The van der Waals surface area contributed by atoms with Crippen molar-refractivity contribution in [3.63, 3.8) is 0 Å². The molecule has 92 valence electrons. The standard InChI is InChI=1S/C11H7ClFN3O2/c12-6-2-1-3-7(13)10(6)16-9-5-14-8(4-15-9)11(17)18/h1-5H,(H,15,16)(H,17,18). The molecule has 0 unspecified atom stereocenters. The summed E-state index contributed by atoms with van der Waals surface area (Å²) in [5.74, 6) is -1.52. The predicted molar refractivity (Wildman–Crippen MR) is 63.7 cm³/mol. The van der Waals surface area contributed by atoms with Crippen LogP contribution in [0.2, 0.25) is 5.02 Å². The van der Waals surface area contributed by atoms with Crippen LogP contribution in [0.1, 0.15) is 10.5 Å². The summed E-state index contributed by atoms with van der Waals surface area (Å²) < 4.78 is 13.5. The highest BCUT2D eigenvalue weighted by Gasteiger charge is 2.09. The van der Waals surface area contributed by atoms with Crippen molar-refractivity contribution in [1.29, 1.82) is 0 Å². The maximum absolute atomic E-state index is 13.5. The molecule has 0 bridgehead atoms. The van der Waals surface area contributed by atoms with Crippen molar-refractivity contribution in [3.8, 4) is 0 Å². The Bertz CT molecular complexity index is 569. The summed E-state index contributed by atoms with van der Waals surface area (Å²) in [5.41, 5.74) is -0.128. The zero-order valence-electron chi connectivity index (χ0n) is 8.89. The number of rotatable bonds is 3. The molecule has 1 aromatic carbocycles. The average molecular weight is 268 g/mol. The molecule has 0 aliphatic rings. The van der Waals surface area contributed by atoms with Crippen LogP contribution in [-0.2, 0) is 0 Å². The van der Waals surface area contributed by atoms with Crippen LogP contribution in [0.15, 0.2) is 30.6 Å². The SMILES string of the molecule is O=C(O)c1cnc(Nc2c(F)cccc2Cl)cn1. The minimum atomic E-state index is -1.18. The Morgan fingerprint density at radius 2 is 2.11 bits per heavy atom. The van der Waals surface area contributed by atoms with Gasteiger partial charge in [0.2, 0.25) is 0 Å². The van der Waals surface area contributed by atoms with Gasteiger partial charge in [0, 0.05) is 0 Å². The van der Waals surface area contributed by atoms with Gasteiger partial charge in [0.15, 0.2) is 5.69 Å². The largest absolute Gasteiger partial charge is 0.476 e. The molecule has 0 aliphatic carbocycles. The van der Waals surface area contributed by atoms with Gasteiger partial charge in [-0.3, -0.25) is 0 Å². The van der Waals surface area contributed by atoms with E-state index in [0.29, 0.717) is 0 Å². The number of hydrogen-bond donors (Lipinski definition) is 2. The zero-order chi connectivity index (χ0) is 13.1. The first-order chi connectivity index (χ1) is 8.58. The number of anilines is 2. The number of benzene rings is 1. The van der Waals surface area contributed by atoms with Crippen LogP contribution in [0.5, 0.6) is 0 Å².